The number of carbonyl (C=O) groups excluding carboxylic acids is 2. The van der Waals surface area contributed by atoms with Crippen molar-refractivity contribution >= 4 is 35.1 Å². The fourth-order valence-electron chi connectivity index (χ4n) is 2.68. The van der Waals surface area contributed by atoms with E-state index in [1.807, 2.05) is 31.3 Å². The first-order valence-corrected chi connectivity index (χ1v) is 9.91. The number of benzene rings is 2. The zero-order chi connectivity index (χ0) is 21.2. The second kappa shape index (κ2) is 11.7. The van der Waals surface area contributed by atoms with Gasteiger partial charge in [-0.05, 0) is 49.8 Å². The van der Waals surface area contributed by atoms with Crippen LogP contribution in [0.25, 0.3) is 0 Å². The van der Waals surface area contributed by atoms with E-state index < -0.39 is 17.9 Å². The fraction of sp³-hybridized carbons (Fsp3) is 0.333. The van der Waals surface area contributed by atoms with Crippen molar-refractivity contribution in [2.75, 3.05) is 27.3 Å². The standard InChI is InChI=1S/C21H24Cl2N2O4/c1-24-11-4-12-29-15-9-7-14(8-10-15)13-18(21(27)28-2)25-20(26)19-16(22)5-3-6-17(19)23/h3,5-10,18,24H,4,11-13H2,1-2H3,(H,25,26)/t18-/m0/s1. The number of halogens is 2. The summed E-state index contributed by atoms with van der Waals surface area (Å²) in [7, 11) is 3.16. The quantitative estimate of drug-likeness (QED) is 0.438. The van der Waals surface area contributed by atoms with Gasteiger partial charge in [0.25, 0.3) is 5.91 Å². The van der Waals surface area contributed by atoms with Gasteiger partial charge in [0.05, 0.1) is 29.3 Å². The molecule has 0 aliphatic rings. The summed E-state index contributed by atoms with van der Waals surface area (Å²) in [6.45, 7) is 1.49. The molecule has 0 aliphatic heterocycles. The first kappa shape index (κ1) is 23.0. The number of nitrogens with one attached hydrogen (secondary N) is 2. The monoisotopic (exact) mass is 438 g/mol. The lowest BCUT2D eigenvalue weighted by atomic mass is 10.0. The maximum atomic E-state index is 12.6. The average molecular weight is 439 g/mol. The molecule has 0 aromatic heterocycles. The van der Waals surface area contributed by atoms with Crippen molar-refractivity contribution in [1.29, 1.82) is 0 Å². The number of amides is 1. The molecule has 156 valence electrons. The van der Waals surface area contributed by atoms with E-state index in [4.69, 9.17) is 32.7 Å². The van der Waals surface area contributed by atoms with Crippen LogP contribution in [0.4, 0.5) is 0 Å². The van der Waals surface area contributed by atoms with Gasteiger partial charge in [0.15, 0.2) is 0 Å². The topological polar surface area (TPSA) is 76.7 Å². The number of hydrogen-bond acceptors (Lipinski definition) is 5. The summed E-state index contributed by atoms with van der Waals surface area (Å²) < 4.78 is 10.5. The zero-order valence-electron chi connectivity index (χ0n) is 16.3. The second-order valence-electron chi connectivity index (χ2n) is 6.30. The van der Waals surface area contributed by atoms with Crippen molar-refractivity contribution in [1.82, 2.24) is 10.6 Å². The average Bonchev–Trinajstić information content (AvgIpc) is 2.71. The number of hydrogen-bond donors (Lipinski definition) is 2. The van der Waals surface area contributed by atoms with E-state index in [9.17, 15) is 9.59 Å². The summed E-state index contributed by atoms with van der Waals surface area (Å²) >= 11 is 12.2. The molecule has 1 amide bonds. The van der Waals surface area contributed by atoms with Crippen molar-refractivity contribution in [3.63, 3.8) is 0 Å². The van der Waals surface area contributed by atoms with E-state index in [0.717, 1.165) is 24.3 Å². The zero-order valence-corrected chi connectivity index (χ0v) is 17.8. The van der Waals surface area contributed by atoms with Gasteiger partial charge in [-0.15, -0.1) is 0 Å². The maximum Gasteiger partial charge on any atom is 0.328 e. The van der Waals surface area contributed by atoms with Crippen LogP contribution in [-0.2, 0) is 16.0 Å². The summed E-state index contributed by atoms with van der Waals surface area (Å²) in [5, 5.41) is 6.13. The van der Waals surface area contributed by atoms with Crippen molar-refractivity contribution in [2.45, 2.75) is 18.9 Å². The molecule has 0 saturated heterocycles. The fourth-order valence-corrected chi connectivity index (χ4v) is 3.25. The van der Waals surface area contributed by atoms with Crippen LogP contribution >= 0.6 is 23.2 Å². The molecule has 0 heterocycles. The molecule has 0 radical (unpaired) electrons. The summed E-state index contributed by atoms with van der Waals surface area (Å²) in [5.74, 6) is -0.360. The molecular weight excluding hydrogens is 415 g/mol. The van der Waals surface area contributed by atoms with Crippen LogP contribution in [-0.4, -0.2) is 45.2 Å². The van der Waals surface area contributed by atoms with Crippen molar-refractivity contribution in [2.24, 2.45) is 0 Å². The highest BCUT2D eigenvalue weighted by Gasteiger charge is 2.24. The highest BCUT2D eigenvalue weighted by molar-refractivity contribution is 6.39. The molecule has 2 rings (SSSR count). The number of esters is 1. The smallest absolute Gasteiger partial charge is 0.328 e. The van der Waals surface area contributed by atoms with Crippen LogP contribution in [0.1, 0.15) is 22.3 Å². The SMILES string of the molecule is CNCCCOc1ccc(C[C@H](NC(=O)c2c(Cl)cccc2Cl)C(=O)OC)cc1. The van der Waals surface area contributed by atoms with Gasteiger partial charge in [0, 0.05) is 6.42 Å². The second-order valence-corrected chi connectivity index (χ2v) is 7.11. The van der Waals surface area contributed by atoms with E-state index >= 15 is 0 Å². The molecule has 2 N–H and O–H groups in total. The van der Waals surface area contributed by atoms with Crippen molar-refractivity contribution in [3.8, 4) is 5.75 Å². The first-order valence-electron chi connectivity index (χ1n) is 9.15. The lowest BCUT2D eigenvalue weighted by molar-refractivity contribution is -0.142. The molecule has 1 atom stereocenters. The Balaban J connectivity index is 2.05. The largest absolute Gasteiger partial charge is 0.494 e. The van der Waals surface area contributed by atoms with Crippen LogP contribution in [0.5, 0.6) is 5.75 Å². The summed E-state index contributed by atoms with van der Waals surface area (Å²) in [4.78, 5) is 24.8. The van der Waals surface area contributed by atoms with Gasteiger partial charge in [-0.1, -0.05) is 41.4 Å². The third-order valence-electron chi connectivity index (χ3n) is 4.18. The summed E-state index contributed by atoms with van der Waals surface area (Å²) in [6, 6.07) is 11.2. The Morgan fingerprint density at radius 3 is 2.31 bits per heavy atom. The number of rotatable bonds is 10. The minimum atomic E-state index is -0.887. The molecule has 29 heavy (non-hydrogen) atoms. The molecule has 6 nitrogen and oxygen atoms in total. The van der Waals surface area contributed by atoms with Gasteiger partial charge in [0.2, 0.25) is 0 Å². The first-order chi connectivity index (χ1) is 14.0. The molecule has 0 aliphatic carbocycles. The third-order valence-corrected chi connectivity index (χ3v) is 4.81. The summed E-state index contributed by atoms with van der Waals surface area (Å²) in [6.07, 6.45) is 1.15. The molecule has 0 unspecified atom stereocenters. The molecule has 2 aromatic carbocycles. The minimum Gasteiger partial charge on any atom is -0.494 e. The Hall–Kier alpha value is -2.28. The highest BCUT2D eigenvalue weighted by atomic mass is 35.5. The third kappa shape index (κ3) is 6.92. The molecule has 0 spiro atoms. The highest BCUT2D eigenvalue weighted by Crippen LogP contribution is 2.24. The van der Waals surface area contributed by atoms with E-state index in [-0.39, 0.29) is 22.0 Å². The van der Waals surface area contributed by atoms with Gasteiger partial charge in [0.1, 0.15) is 11.8 Å². The Bertz CT molecular complexity index is 808. The maximum absolute atomic E-state index is 12.6. The molecule has 0 bridgehead atoms. The van der Waals surface area contributed by atoms with Gasteiger partial charge in [-0.2, -0.15) is 0 Å². The molecule has 0 saturated carbocycles. The van der Waals surface area contributed by atoms with Gasteiger partial charge in [-0.25, -0.2) is 4.79 Å². The lowest BCUT2D eigenvalue weighted by Gasteiger charge is -2.18. The van der Waals surface area contributed by atoms with E-state index in [1.54, 1.807) is 18.2 Å². The van der Waals surface area contributed by atoms with Crippen molar-refractivity contribution in [3.05, 3.63) is 63.6 Å². The Labute approximate surface area is 180 Å². The van der Waals surface area contributed by atoms with Gasteiger partial charge >= 0.3 is 5.97 Å². The van der Waals surface area contributed by atoms with Crippen LogP contribution in [0, 0.1) is 0 Å². The van der Waals surface area contributed by atoms with E-state index in [0.29, 0.717) is 6.61 Å². The van der Waals surface area contributed by atoms with Gasteiger partial charge in [-0.3, -0.25) is 4.79 Å². The number of ether oxygens (including phenoxy) is 2. The summed E-state index contributed by atoms with van der Waals surface area (Å²) in [5.41, 5.74) is 0.962. The van der Waals surface area contributed by atoms with Crippen molar-refractivity contribution < 1.29 is 19.1 Å². The Morgan fingerprint density at radius 2 is 1.72 bits per heavy atom. The molecule has 2 aromatic rings. The van der Waals surface area contributed by atoms with Crippen LogP contribution < -0.4 is 15.4 Å². The predicted molar refractivity (Wildman–Crippen MR) is 114 cm³/mol. The van der Waals surface area contributed by atoms with Crippen LogP contribution in [0.3, 0.4) is 0 Å². The van der Waals surface area contributed by atoms with Crippen LogP contribution in [0.15, 0.2) is 42.5 Å². The lowest BCUT2D eigenvalue weighted by Crippen LogP contribution is -2.43. The molecule has 0 fully saturated rings. The Kier molecular flexibility index (Phi) is 9.25. The molecular formula is C21H24Cl2N2O4. The Morgan fingerprint density at radius 1 is 1.07 bits per heavy atom. The predicted octanol–water partition coefficient (Wildman–Crippen LogP) is 3.50. The van der Waals surface area contributed by atoms with Gasteiger partial charge < -0.3 is 20.1 Å². The number of carbonyl (C=O) groups is 2. The van der Waals surface area contributed by atoms with E-state index in [1.165, 1.54) is 7.11 Å². The number of methoxy groups -OCH3 is 1. The van der Waals surface area contributed by atoms with E-state index in [2.05, 4.69) is 10.6 Å². The minimum absolute atomic E-state index is 0.120. The molecule has 8 heteroatoms. The van der Waals surface area contributed by atoms with Crippen LogP contribution in [0.2, 0.25) is 10.0 Å². The normalized spacial score (nSPS) is 11.6.